The van der Waals surface area contributed by atoms with Crippen LogP contribution in [0.1, 0.15) is 52.4 Å². The van der Waals surface area contributed by atoms with Crippen LogP contribution in [0.2, 0.25) is 0 Å². The van der Waals surface area contributed by atoms with E-state index < -0.39 is 6.10 Å². The summed E-state index contributed by atoms with van der Waals surface area (Å²) in [6.45, 7) is 5.00. The Balaban J connectivity index is 1.22. The average Bonchev–Trinajstić information content (AvgIpc) is 3.36. The van der Waals surface area contributed by atoms with E-state index in [9.17, 15) is 14.7 Å². The minimum Gasteiger partial charge on any atom is -0.467 e. The number of ether oxygens (including phenoxy) is 2. The Kier molecular flexibility index (Phi) is 5.54. The van der Waals surface area contributed by atoms with Crippen molar-refractivity contribution in [3.8, 4) is 6.01 Å². The molecule has 1 amide bonds. The van der Waals surface area contributed by atoms with Crippen LogP contribution in [0, 0.1) is 12.3 Å². The number of amides is 1. The molecule has 1 unspecified atom stereocenters. The number of rotatable bonds is 5. The third-order valence-corrected chi connectivity index (χ3v) is 7.31. The predicted molar refractivity (Wildman–Crippen MR) is 119 cm³/mol. The van der Waals surface area contributed by atoms with Crippen molar-refractivity contribution < 1.29 is 24.2 Å². The highest BCUT2D eigenvalue weighted by atomic mass is 16.5. The Morgan fingerprint density at radius 1 is 1.24 bits per heavy atom. The minimum atomic E-state index is -0.643. The third-order valence-electron chi connectivity index (χ3n) is 7.31. The van der Waals surface area contributed by atoms with Crippen molar-refractivity contribution in [2.75, 3.05) is 38.2 Å². The Labute approximate surface area is 192 Å². The fourth-order valence-electron chi connectivity index (χ4n) is 5.30. The van der Waals surface area contributed by atoms with Crippen molar-refractivity contribution >= 4 is 17.7 Å². The number of aliphatic hydroxyl groups is 1. The fourth-order valence-corrected chi connectivity index (χ4v) is 5.30. The molecule has 0 saturated carbocycles. The lowest BCUT2D eigenvalue weighted by Crippen LogP contribution is -2.43. The van der Waals surface area contributed by atoms with Crippen LogP contribution in [0.3, 0.4) is 0 Å². The monoisotopic (exact) mass is 452 g/mol. The second-order valence-corrected chi connectivity index (χ2v) is 9.26. The first-order valence-electron chi connectivity index (χ1n) is 11.3. The summed E-state index contributed by atoms with van der Waals surface area (Å²) in [4.78, 5) is 36.9. The number of hydrogen-bond donors (Lipinski definition) is 1. The molecule has 0 aliphatic carbocycles. The summed E-state index contributed by atoms with van der Waals surface area (Å²) < 4.78 is 10.2. The highest BCUT2D eigenvalue weighted by molar-refractivity contribution is 5.95. The number of aromatic nitrogens is 2. The first kappa shape index (κ1) is 21.8. The van der Waals surface area contributed by atoms with Crippen LogP contribution in [-0.2, 0) is 16.1 Å². The van der Waals surface area contributed by atoms with Crippen molar-refractivity contribution in [3.63, 3.8) is 0 Å². The number of cyclic esters (lactones) is 1. The van der Waals surface area contributed by atoms with Crippen molar-refractivity contribution in [3.05, 3.63) is 46.6 Å². The van der Waals surface area contributed by atoms with Crippen molar-refractivity contribution in [1.29, 1.82) is 0 Å². The summed E-state index contributed by atoms with van der Waals surface area (Å²) in [6.07, 6.45) is 3.24. The topological polar surface area (TPSA) is 105 Å². The molecular formula is C24H28N4O5. The molecule has 2 aromatic rings. The van der Waals surface area contributed by atoms with Crippen molar-refractivity contribution in [1.82, 2.24) is 14.9 Å². The quantitative estimate of drug-likeness (QED) is 0.687. The predicted octanol–water partition coefficient (Wildman–Crippen LogP) is 2.02. The summed E-state index contributed by atoms with van der Waals surface area (Å²) in [5, 5.41) is 10.9. The molecule has 1 spiro atoms. The number of likely N-dealkylation sites (tertiary alicyclic amines) is 1. The molecule has 5 rings (SSSR count). The Morgan fingerprint density at radius 3 is 2.79 bits per heavy atom. The Morgan fingerprint density at radius 2 is 2.03 bits per heavy atom. The van der Waals surface area contributed by atoms with Crippen LogP contribution in [0.15, 0.2) is 24.4 Å². The minimum absolute atomic E-state index is 0.0715. The number of esters is 1. The van der Waals surface area contributed by atoms with Gasteiger partial charge in [0.25, 0.3) is 0 Å². The lowest BCUT2D eigenvalue weighted by molar-refractivity contribution is -0.118. The van der Waals surface area contributed by atoms with Gasteiger partial charge in [-0.1, -0.05) is 6.07 Å². The van der Waals surface area contributed by atoms with E-state index in [0.717, 1.165) is 42.6 Å². The van der Waals surface area contributed by atoms with Gasteiger partial charge in [-0.05, 0) is 61.5 Å². The molecule has 1 aromatic heterocycles. The summed E-state index contributed by atoms with van der Waals surface area (Å²) in [5.74, 6) is 0.363. The zero-order valence-electron chi connectivity index (χ0n) is 18.9. The molecule has 4 heterocycles. The summed E-state index contributed by atoms with van der Waals surface area (Å²) >= 11 is 0. The Hall–Kier alpha value is -3.04. The first-order valence-corrected chi connectivity index (χ1v) is 11.3. The highest BCUT2D eigenvalue weighted by Gasteiger charge is 2.46. The van der Waals surface area contributed by atoms with Gasteiger partial charge in [-0.3, -0.25) is 9.69 Å². The highest BCUT2D eigenvalue weighted by Crippen LogP contribution is 2.42. The molecule has 2 fully saturated rings. The second-order valence-electron chi connectivity index (χ2n) is 9.26. The number of carbonyl (C=O) groups is 2. The van der Waals surface area contributed by atoms with E-state index in [1.165, 1.54) is 7.11 Å². The normalized spacial score (nSPS) is 20.8. The molecule has 0 radical (unpaired) electrons. The number of fused-ring (bicyclic) bond motifs is 1. The van der Waals surface area contributed by atoms with Crippen LogP contribution in [0.25, 0.3) is 0 Å². The van der Waals surface area contributed by atoms with E-state index >= 15 is 0 Å². The van der Waals surface area contributed by atoms with Crippen LogP contribution >= 0.6 is 0 Å². The lowest BCUT2D eigenvalue weighted by Gasteiger charge is -2.39. The van der Waals surface area contributed by atoms with Crippen LogP contribution in [0.5, 0.6) is 6.01 Å². The van der Waals surface area contributed by atoms with Gasteiger partial charge < -0.3 is 19.5 Å². The Bertz CT molecular complexity index is 1100. The van der Waals surface area contributed by atoms with Gasteiger partial charge in [-0.2, -0.15) is 4.98 Å². The fraction of sp³-hybridized carbons (Fsp3) is 0.500. The molecule has 1 aromatic carbocycles. The zero-order chi connectivity index (χ0) is 23.2. The number of methoxy groups -OCH3 is 1. The first-order chi connectivity index (χ1) is 15.9. The van der Waals surface area contributed by atoms with Crippen LogP contribution in [0.4, 0.5) is 5.82 Å². The molecule has 9 nitrogen and oxygen atoms in total. The molecular weight excluding hydrogens is 424 g/mol. The van der Waals surface area contributed by atoms with E-state index in [1.54, 1.807) is 23.2 Å². The van der Waals surface area contributed by atoms with E-state index in [2.05, 4.69) is 14.9 Å². The van der Waals surface area contributed by atoms with E-state index in [-0.39, 0.29) is 29.9 Å². The summed E-state index contributed by atoms with van der Waals surface area (Å²) in [5.41, 5.74) is 3.17. The van der Waals surface area contributed by atoms with Crippen molar-refractivity contribution in [2.45, 2.75) is 38.9 Å². The van der Waals surface area contributed by atoms with Gasteiger partial charge in [-0.25, -0.2) is 9.78 Å². The number of nitrogens with zero attached hydrogens (tertiary/aromatic N) is 4. The van der Waals surface area contributed by atoms with Crippen LogP contribution in [-0.4, -0.2) is 65.1 Å². The van der Waals surface area contributed by atoms with Gasteiger partial charge in [0.2, 0.25) is 5.91 Å². The summed E-state index contributed by atoms with van der Waals surface area (Å²) in [7, 11) is 1.51. The van der Waals surface area contributed by atoms with E-state index in [0.29, 0.717) is 30.9 Å². The molecule has 3 aliphatic rings. The molecule has 1 atom stereocenters. The standard InChI is InChI=1S/C24H28N4O5/c1-15-16(3-4-17-18(15)13-33-22(17)31)19(29)12-27-9-6-24(7-10-27)11-21(30)28(14-24)20-5-8-25-23(26-20)32-2/h3-5,8,19,29H,6-7,9-14H2,1-2H3. The SMILES string of the molecule is COc1nccc(N2CC3(CCN(CC(O)c4ccc5c(c4C)COC5=O)CC3)CC2=O)n1. The molecule has 3 aliphatic heterocycles. The maximum absolute atomic E-state index is 12.8. The smallest absolute Gasteiger partial charge is 0.338 e. The van der Waals surface area contributed by atoms with Crippen molar-refractivity contribution in [2.24, 2.45) is 5.41 Å². The number of anilines is 1. The van der Waals surface area contributed by atoms with Gasteiger partial charge in [0.15, 0.2) is 0 Å². The molecule has 1 N–H and O–H groups in total. The molecule has 0 bridgehead atoms. The van der Waals surface area contributed by atoms with E-state index in [1.807, 2.05) is 13.0 Å². The third kappa shape index (κ3) is 3.95. The maximum Gasteiger partial charge on any atom is 0.338 e. The number of aliphatic hydroxyl groups excluding tert-OH is 1. The van der Waals surface area contributed by atoms with Gasteiger partial charge in [0, 0.05) is 31.3 Å². The average molecular weight is 453 g/mol. The zero-order valence-corrected chi connectivity index (χ0v) is 18.9. The van der Waals surface area contributed by atoms with E-state index in [4.69, 9.17) is 9.47 Å². The van der Waals surface area contributed by atoms with Gasteiger partial charge in [-0.15, -0.1) is 0 Å². The number of benzene rings is 1. The maximum atomic E-state index is 12.8. The molecule has 2 saturated heterocycles. The second kappa shape index (κ2) is 8.39. The molecule has 174 valence electrons. The lowest BCUT2D eigenvalue weighted by atomic mass is 9.77. The van der Waals surface area contributed by atoms with Gasteiger partial charge in [0.05, 0.1) is 18.8 Å². The van der Waals surface area contributed by atoms with Gasteiger partial charge >= 0.3 is 12.0 Å². The number of hydrogen-bond acceptors (Lipinski definition) is 8. The number of carbonyl (C=O) groups excluding carboxylic acids is 2. The summed E-state index contributed by atoms with van der Waals surface area (Å²) in [6, 6.07) is 5.58. The van der Waals surface area contributed by atoms with Gasteiger partial charge in [0.1, 0.15) is 12.4 Å². The number of piperidine rings is 1. The molecule has 9 heteroatoms. The largest absolute Gasteiger partial charge is 0.467 e. The number of β-amino-alcohol motifs (C(OH)–C–C–N with tert-alkyl or cyclic N) is 1. The van der Waals surface area contributed by atoms with Crippen LogP contribution < -0.4 is 9.64 Å². The molecule has 33 heavy (non-hydrogen) atoms.